The van der Waals surface area contributed by atoms with E-state index in [9.17, 15) is 33.3 Å². The van der Waals surface area contributed by atoms with Crippen molar-refractivity contribution in [3.63, 3.8) is 0 Å². The summed E-state index contributed by atoms with van der Waals surface area (Å²) in [5, 5.41) is 30.5. The van der Waals surface area contributed by atoms with Crippen LogP contribution in [0.1, 0.15) is 29.5 Å². The highest BCUT2D eigenvalue weighted by atomic mass is 32.2. The molecule has 3 aromatic rings. The molecule has 0 heterocycles. The molecule has 9 nitrogen and oxygen atoms in total. The molecule has 0 aliphatic heterocycles. The lowest BCUT2D eigenvalue weighted by Crippen LogP contribution is -3.14. The third kappa shape index (κ3) is 7.42. The summed E-state index contributed by atoms with van der Waals surface area (Å²) >= 11 is 0. The molecular formula is C26H30N2O7S. The summed E-state index contributed by atoms with van der Waals surface area (Å²) in [6, 6.07) is 24.0. The number of quaternary nitrogens is 1. The van der Waals surface area contributed by atoms with Crippen LogP contribution in [0.3, 0.4) is 0 Å². The Morgan fingerprint density at radius 3 is 1.86 bits per heavy atom. The largest absolute Gasteiger partial charge is 0.744 e. The molecule has 3 aromatic carbocycles. The number of aryl methyl sites for hydroxylation is 1. The van der Waals surface area contributed by atoms with Crippen molar-refractivity contribution in [3.8, 4) is 0 Å². The van der Waals surface area contributed by atoms with E-state index >= 15 is 0 Å². The second-order valence-electron chi connectivity index (χ2n) is 8.89. The van der Waals surface area contributed by atoms with Gasteiger partial charge in [-0.3, -0.25) is 10.1 Å². The van der Waals surface area contributed by atoms with Crippen LogP contribution in [0.5, 0.6) is 0 Å². The smallest absolute Gasteiger partial charge is 0.270 e. The summed E-state index contributed by atoms with van der Waals surface area (Å²) in [6.07, 6.45) is 0.366. The van der Waals surface area contributed by atoms with Crippen LogP contribution in [-0.2, 0) is 23.2 Å². The van der Waals surface area contributed by atoms with Gasteiger partial charge in [0.1, 0.15) is 35.4 Å². The van der Waals surface area contributed by atoms with Gasteiger partial charge in [-0.15, -0.1) is 0 Å². The molecule has 1 aliphatic rings. The first kappa shape index (κ1) is 27.4. The second-order valence-corrected chi connectivity index (χ2v) is 10.2. The molecule has 0 unspecified atom stereocenters. The number of nitro benzene ring substituents is 1. The molecule has 0 aromatic heterocycles. The summed E-state index contributed by atoms with van der Waals surface area (Å²) in [7, 11) is -4.64. The summed E-state index contributed by atoms with van der Waals surface area (Å²) in [6.45, 7) is 3.13. The highest BCUT2D eigenvalue weighted by Gasteiger charge is 2.40. The average molecular weight is 515 g/mol. The van der Waals surface area contributed by atoms with Gasteiger partial charge in [-0.1, -0.05) is 66.7 Å². The Bertz CT molecular complexity index is 1210. The number of hydrogen-bond donors (Lipinski definition) is 3. The number of nitrogens with one attached hydrogen (secondary N) is 1. The molecule has 0 radical (unpaired) electrons. The third-order valence-corrected chi connectivity index (χ3v) is 7.28. The zero-order valence-corrected chi connectivity index (χ0v) is 20.7. The SMILES string of the molecule is Cc1ccc([N+](=O)[O-])cc1S(=O)(=O)[O-].O[C@@H]1[C@H](O)CC[C@H]1[NH+](Cc1ccccc1)Cc1ccccc1. The number of nitro groups is 1. The van der Waals surface area contributed by atoms with E-state index in [2.05, 4.69) is 48.5 Å². The van der Waals surface area contributed by atoms with E-state index in [1.165, 1.54) is 29.0 Å². The van der Waals surface area contributed by atoms with E-state index in [-0.39, 0.29) is 11.6 Å². The lowest BCUT2D eigenvalue weighted by molar-refractivity contribution is -0.954. The van der Waals surface area contributed by atoms with E-state index in [0.717, 1.165) is 31.6 Å². The van der Waals surface area contributed by atoms with Crippen LogP contribution < -0.4 is 4.90 Å². The van der Waals surface area contributed by atoms with Crippen LogP contribution in [0.25, 0.3) is 0 Å². The quantitative estimate of drug-likeness (QED) is 0.248. The minimum atomic E-state index is -4.64. The minimum absolute atomic E-state index is 0.0930. The maximum atomic E-state index is 10.7. The maximum Gasteiger partial charge on any atom is 0.270 e. The Balaban J connectivity index is 0.000000223. The first-order valence-electron chi connectivity index (χ1n) is 11.6. The van der Waals surface area contributed by atoms with Crippen molar-refractivity contribution in [2.45, 2.75) is 56.0 Å². The summed E-state index contributed by atoms with van der Waals surface area (Å²) < 4.78 is 32.0. The lowest BCUT2D eigenvalue weighted by atomic mass is 10.1. The monoisotopic (exact) mass is 514 g/mol. The number of benzene rings is 3. The van der Waals surface area contributed by atoms with Gasteiger partial charge in [-0.2, -0.15) is 0 Å². The Morgan fingerprint density at radius 1 is 0.917 bits per heavy atom. The molecule has 0 bridgehead atoms. The van der Waals surface area contributed by atoms with Crippen molar-refractivity contribution in [1.29, 1.82) is 0 Å². The zero-order chi connectivity index (χ0) is 26.3. The van der Waals surface area contributed by atoms with Gasteiger partial charge >= 0.3 is 0 Å². The van der Waals surface area contributed by atoms with Gasteiger partial charge in [-0.05, 0) is 18.9 Å². The molecule has 36 heavy (non-hydrogen) atoms. The Hall–Kier alpha value is -3.15. The van der Waals surface area contributed by atoms with Crippen molar-refractivity contribution >= 4 is 15.8 Å². The van der Waals surface area contributed by atoms with Gasteiger partial charge in [0.25, 0.3) is 5.69 Å². The standard InChI is InChI=1S/C19H23NO2.C7H7NO5S/c21-18-12-11-17(19(18)22)20(13-15-7-3-1-4-8-15)14-16-9-5-2-6-10-16;1-5-2-3-6(8(9)10)4-7(5)14(11,12)13/h1-10,17-19,21-22H,11-14H2;2-4H,1H3,(H,11,12,13)/t17-,18-,19+;/m1./s1. The van der Waals surface area contributed by atoms with E-state index in [1.54, 1.807) is 0 Å². The second kappa shape index (κ2) is 12.2. The van der Waals surface area contributed by atoms with E-state index in [0.29, 0.717) is 6.42 Å². The van der Waals surface area contributed by atoms with Gasteiger partial charge in [0.15, 0.2) is 0 Å². The fraction of sp³-hybridized carbons (Fsp3) is 0.308. The number of aliphatic hydroxyl groups excluding tert-OH is 2. The summed E-state index contributed by atoms with van der Waals surface area (Å²) in [5.41, 5.74) is 2.32. The molecular weight excluding hydrogens is 484 g/mol. The predicted octanol–water partition coefficient (Wildman–Crippen LogP) is 1.96. The molecule has 10 heteroatoms. The number of hydrogen-bond acceptors (Lipinski definition) is 7. The van der Waals surface area contributed by atoms with Crippen LogP contribution in [0.4, 0.5) is 5.69 Å². The average Bonchev–Trinajstić information content (AvgIpc) is 3.18. The molecule has 3 N–H and O–H groups in total. The van der Waals surface area contributed by atoms with Crippen LogP contribution in [0.15, 0.2) is 83.8 Å². The first-order chi connectivity index (χ1) is 17.1. The van der Waals surface area contributed by atoms with Crippen molar-refractivity contribution in [2.75, 3.05) is 0 Å². The number of nitrogens with zero attached hydrogens (tertiary/aromatic N) is 1. The fourth-order valence-corrected chi connectivity index (χ4v) is 5.15. The summed E-state index contributed by atoms with van der Waals surface area (Å²) in [5.74, 6) is 0. The normalized spacial score (nSPS) is 19.5. The molecule has 1 fully saturated rings. The number of rotatable bonds is 7. The van der Waals surface area contributed by atoms with Crippen molar-refractivity contribution in [3.05, 3.63) is 106 Å². The Morgan fingerprint density at radius 2 is 1.44 bits per heavy atom. The van der Waals surface area contributed by atoms with Gasteiger partial charge in [0.05, 0.1) is 15.9 Å². The van der Waals surface area contributed by atoms with Crippen LogP contribution >= 0.6 is 0 Å². The Labute approximate surface area is 210 Å². The lowest BCUT2D eigenvalue weighted by Gasteiger charge is -2.28. The number of non-ortho nitro benzene ring substituents is 1. The minimum Gasteiger partial charge on any atom is -0.744 e. The highest BCUT2D eigenvalue weighted by Crippen LogP contribution is 2.21. The topological polar surface area (TPSA) is 145 Å². The molecule has 4 rings (SSSR count). The van der Waals surface area contributed by atoms with Gasteiger partial charge in [-0.25, -0.2) is 8.42 Å². The Kier molecular flexibility index (Phi) is 9.30. The van der Waals surface area contributed by atoms with E-state index in [1.807, 2.05) is 12.1 Å². The third-order valence-electron chi connectivity index (χ3n) is 6.30. The van der Waals surface area contributed by atoms with Gasteiger partial charge in [0, 0.05) is 29.7 Å². The molecule has 0 amide bonds. The van der Waals surface area contributed by atoms with E-state index in [4.69, 9.17) is 0 Å². The van der Waals surface area contributed by atoms with E-state index < -0.39 is 37.8 Å². The van der Waals surface area contributed by atoms with Crippen LogP contribution in [0.2, 0.25) is 0 Å². The number of aliphatic hydroxyl groups is 2. The molecule has 3 atom stereocenters. The molecule has 0 saturated heterocycles. The summed E-state index contributed by atoms with van der Waals surface area (Å²) in [4.78, 5) is 10.3. The van der Waals surface area contributed by atoms with Crippen LogP contribution in [-0.4, -0.2) is 46.4 Å². The highest BCUT2D eigenvalue weighted by molar-refractivity contribution is 7.85. The zero-order valence-electron chi connectivity index (χ0n) is 19.9. The molecule has 0 spiro atoms. The first-order valence-corrected chi connectivity index (χ1v) is 13.0. The van der Waals surface area contributed by atoms with Crippen molar-refractivity contribution in [1.82, 2.24) is 0 Å². The van der Waals surface area contributed by atoms with Crippen LogP contribution in [0, 0.1) is 17.0 Å². The van der Waals surface area contributed by atoms with Crippen molar-refractivity contribution in [2.24, 2.45) is 0 Å². The molecule has 192 valence electrons. The predicted molar refractivity (Wildman–Crippen MR) is 132 cm³/mol. The molecule has 1 aliphatic carbocycles. The van der Waals surface area contributed by atoms with Gasteiger partial charge in [0.2, 0.25) is 0 Å². The molecule has 1 saturated carbocycles. The maximum absolute atomic E-state index is 10.7. The van der Waals surface area contributed by atoms with Crippen molar-refractivity contribution < 1.29 is 33.0 Å². The van der Waals surface area contributed by atoms with Gasteiger partial charge < -0.3 is 19.7 Å². The fourth-order valence-electron chi connectivity index (χ4n) is 4.42.